The highest BCUT2D eigenvalue weighted by molar-refractivity contribution is 9.10. The van der Waals surface area contributed by atoms with Crippen LogP contribution in [0.2, 0.25) is 0 Å². The van der Waals surface area contributed by atoms with E-state index in [2.05, 4.69) is 21.0 Å². The molecular weight excluding hydrogens is 293 g/mol. The van der Waals surface area contributed by atoms with E-state index in [-0.39, 0.29) is 12.5 Å². The number of hydrogen-bond acceptors (Lipinski definition) is 3. The summed E-state index contributed by atoms with van der Waals surface area (Å²) in [4.78, 5) is 11.7. The van der Waals surface area contributed by atoms with Gasteiger partial charge in [0.25, 0.3) is 5.91 Å². The lowest BCUT2D eigenvalue weighted by Crippen LogP contribution is -2.14. The summed E-state index contributed by atoms with van der Waals surface area (Å²) >= 11 is 3.33. The summed E-state index contributed by atoms with van der Waals surface area (Å²) < 4.78 is 18.2. The summed E-state index contributed by atoms with van der Waals surface area (Å²) in [6, 6.07) is 3.54. The Balaban J connectivity index is 2.66. The van der Waals surface area contributed by atoms with Crippen molar-refractivity contribution in [3.05, 3.63) is 27.7 Å². The van der Waals surface area contributed by atoms with Crippen LogP contribution in [-0.4, -0.2) is 12.5 Å². The summed E-state index contributed by atoms with van der Waals surface area (Å²) in [7, 11) is -3.22. The van der Waals surface area contributed by atoms with Crippen LogP contribution in [0.3, 0.4) is 0 Å². The molecule has 4 nitrogen and oxygen atoms in total. The third-order valence-corrected chi connectivity index (χ3v) is 5.43. The van der Waals surface area contributed by atoms with Gasteiger partial charge >= 0.3 is 7.52 Å². The van der Waals surface area contributed by atoms with Gasteiger partial charge in [0.2, 0.25) is 0 Å². The second-order valence-corrected chi connectivity index (χ2v) is 6.44. The van der Waals surface area contributed by atoms with Crippen LogP contribution in [0.15, 0.2) is 16.6 Å². The van der Waals surface area contributed by atoms with E-state index in [9.17, 15) is 9.36 Å². The van der Waals surface area contributed by atoms with E-state index in [0.29, 0.717) is 15.3 Å². The number of hydrogen-bond donors (Lipinski definition) is 1. The quantitative estimate of drug-likeness (QED) is 0.853. The molecule has 0 saturated carbocycles. The van der Waals surface area contributed by atoms with Crippen LogP contribution in [0.25, 0.3) is 0 Å². The molecule has 0 radical (unpaired) electrons. The standard InChI is InChI=1S/C10H11BrNO3P/c1-3-15-16(14)9-7(10(13)12-16)4-6(2)5-8(9)11/h4-5H,3H2,1-2H3,(H,12,13,14). The predicted molar refractivity (Wildman–Crippen MR) is 65.2 cm³/mol. The number of fused-ring (bicyclic) bond motifs is 1. The molecule has 6 heteroatoms. The number of carbonyl (C=O) groups is 1. The van der Waals surface area contributed by atoms with Gasteiger partial charge in [0.1, 0.15) is 0 Å². The van der Waals surface area contributed by atoms with Gasteiger partial charge in [-0.2, -0.15) is 0 Å². The average Bonchev–Trinajstić information content (AvgIpc) is 2.38. The maximum absolute atomic E-state index is 12.4. The van der Waals surface area contributed by atoms with E-state index in [1.54, 1.807) is 13.0 Å². The number of nitrogens with one attached hydrogen (secondary N) is 1. The third-order valence-electron chi connectivity index (χ3n) is 2.31. The summed E-state index contributed by atoms with van der Waals surface area (Å²) in [5.41, 5.74) is 1.37. The highest BCUT2D eigenvalue weighted by Gasteiger charge is 2.41. The number of carbonyl (C=O) groups excluding carboxylic acids is 1. The molecule has 1 N–H and O–H groups in total. The molecule has 1 aromatic rings. The Labute approximate surface area is 102 Å². The van der Waals surface area contributed by atoms with Crippen molar-refractivity contribution in [1.82, 2.24) is 5.09 Å². The first-order valence-electron chi connectivity index (χ1n) is 4.86. The molecule has 1 aliphatic rings. The maximum Gasteiger partial charge on any atom is 0.328 e. The molecule has 2 rings (SSSR count). The van der Waals surface area contributed by atoms with Gasteiger partial charge in [0.15, 0.2) is 0 Å². The Morgan fingerprint density at radius 2 is 2.19 bits per heavy atom. The zero-order chi connectivity index (χ0) is 11.9. The molecule has 1 heterocycles. The van der Waals surface area contributed by atoms with Crippen LogP contribution in [0.4, 0.5) is 0 Å². The minimum absolute atomic E-state index is 0.289. The van der Waals surface area contributed by atoms with E-state index in [1.165, 1.54) is 0 Å². The first-order chi connectivity index (χ1) is 7.48. The predicted octanol–water partition coefficient (Wildman–Crippen LogP) is 2.36. The number of halogens is 1. The smallest absolute Gasteiger partial charge is 0.310 e. The second kappa shape index (κ2) is 3.99. The van der Waals surface area contributed by atoms with Crippen LogP contribution in [0.1, 0.15) is 22.8 Å². The lowest BCUT2D eigenvalue weighted by atomic mass is 10.1. The Hall–Kier alpha value is -0.640. The molecule has 86 valence electrons. The van der Waals surface area contributed by atoms with E-state index < -0.39 is 7.52 Å². The molecule has 16 heavy (non-hydrogen) atoms. The van der Waals surface area contributed by atoms with E-state index in [1.807, 2.05) is 13.0 Å². The zero-order valence-electron chi connectivity index (χ0n) is 8.91. The Morgan fingerprint density at radius 3 is 2.81 bits per heavy atom. The molecule has 0 aliphatic carbocycles. The Kier molecular flexibility index (Phi) is 2.95. The molecule has 0 saturated heterocycles. The van der Waals surface area contributed by atoms with Gasteiger partial charge in [-0.05, 0) is 47.5 Å². The SMILES string of the molecule is CCOP1(=O)NC(=O)c2cc(C)cc(Br)c21. The highest BCUT2D eigenvalue weighted by Crippen LogP contribution is 2.48. The van der Waals surface area contributed by atoms with Crippen LogP contribution < -0.4 is 10.4 Å². The van der Waals surface area contributed by atoms with Crippen LogP contribution in [0, 0.1) is 6.92 Å². The fraction of sp³-hybridized carbons (Fsp3) is 0.300. The van der Waals surface area contributed by atoms with Crippen LogP contribution in [-0.2, 0) is 9.09 Å². The molecule has 0 fully saturated rings. The van der Waals surface area contributed by atoms with Crippen LogP contribution in [0.5, 0.6) is 0 Å². The molecule has 0 aromatic heterocycles. The minimum Gasteiger partial charge on any atom is -0.310 e. The largest absolute Gasteiger partial charge is 0.328 e. The van der Waals surface area contributed by atoms with Crippen molar-refractivity contribution < 1.29 is 13.9 Å². The molecule has 0 spiro atoms. The Bertz CT molecular complexity index is 515. The van der Waals surface area contributed by atoms with Crippen molar-refractivity contribution in [2.75, 3.05) is 6.61 Å². The summed E-state index contributed by atoms with van der Waals surface area (Å²) in [6.45, 7) is 3.91. The van der Waals surface area contributed by atoms with Gasteiger partial charge in [0, 0.05) is 4.47 Å². The monoisotopic (exact) mass is 303 g/mol. The number of amides is 1. The molecule has 0 bridgehead atoms. The molecular formula is C10H11BrNO3P. The van der Waals surface area contributed by atoms with E-state index >= 15 is 0 Å². The van der Waals surface area contributed by atoms with Gasteiger partial charge in [-0.25, -0.2) is 0 Å². The topological polar surface area (TPSA) is 55.4 Å². The van der Waals surface area contributed by atoms with Gasteiger partial charge < -0.3 is 4.52 Å². The molecule has 1 atom stereocenters. The van der Waals surface area contributed by atoms with Crippen molar-refractivity contribution in [2.45, 2.75) is 13.8 Å². The highest BCUT2D eigenvalue weighted by atomic mass is 79.9. The number of rotatable bonds is 2. The fourth-order valence-electron chi connectivity index (χ4n) is 1.74. The van der Waals surface area contributed by atoms with Crippen molar-refractivity contribution >= 4 is 34.7 Å². The van der Waals surface area contributed by atoms with E-state index in [4.69, 9.17) is 4.52 Å². The average molecular weight is 304 g/mol. The number of benzene rings is 1. The van der Waals surface area contributed by atoms with Gasteiger partial charge in [-0.15, -0.1) is 0 Å². The molecule has 1 aromatic carbocycles. The fourth-order valence-corrected chi connectivity index (χ4v) is 4.90. The second-order valence-electron chi connectivity index (χ2n) is 3.55. The van der Waals surface area contributed by atoms with Crippen molar-refractivity contribution in [1.29, 1.82) is 0 Å². The van der Waals surface area contributed by atoms with Gasteiger partial charge in [-0.3, -0.25) is 14.4 Å². The maximum atomic E-state index is 12.4. The Morgan fingerprint density at radius 1 is 1.50 bits per heavy atom. The van der Waals surface area contributed by atoms with Crippen molar-refractivity contribution in [2.24, 2.45) is 0 Å². The van der Waals surface area contributed by atoms with Gasteiger partial charge in [0.05, 0.1) is 17.5 Å². The van der Waals surface area contributed by atoms with Crippen LogP contribution >= 0.6 is 23.4 Å². The van der Waals surface area contributed by atoms with E-state index in [0.717, 1.165) is 5.56 Å². The summed E-state index contributed by atoms with van der Waals surface area (Å²) in [6.07, 6.45) is 0. The minimum atomic E-state index is -3.22. The lowest BCUT2D eigenvalue weighted by Gasteiger charge is -2.13. The van der Waals surface area contributed by atoms with Gasteiger partial charge in [-0.1, -0.05) is 0 Å². The first-order valence-corrected chi connectivity index (χ1v) is 7.27. The van der Waals surface area contributed by atoms with Crippen molar-refractivity contribution in [3.63, 3.8) is 0 Å². The first kappa shape index (κ1) is 11.8. The normalized spacial score (nSPS) is 23.1. The number of aryl methyl sites for hydroxylation is 1. The lowest BCUT2D eigenvalue weighted by molar-refractivity contribution is 0.0982. The summed E-state index contributed by atoms with van der Waals surface area (Å²) in [5.74, 6) is -0.337. The summed E-state index contributed by atoms with van der Waals surface area (Å²) in [5, 5.41) is 2.88. The molecule has 1 unspecified atom stereocenters. The zero-order valence-corrected chi connectivity index (χ0v) is 11.4. The molecule has 1 aliphatic heterocycles. The molecule has 1 amide bonds. The third kappa shape index (κ3) is 1.73. The van der Waals surface area contributed by atoms with Crippen molar-refractivity contribution in [3.8, 4) is 0 Å².